The second kappa shape index (κ2) is 4.71. The fourth-order valence-corrected chi connectivity index (χ4v) is 0.393. The van der Waals surface area contributed by atoms with Crippen LogP contribution in [0.4, 0.5) is 0 Å². The summed E-state index contributed by atoms with van der Waals surface area (Å²) in [6.07, 6.45) is -0.630. The van der Waals surface area contributed by atoms with Crippen molar-refractivity contribution in [2.75, 3.05) is 7.11 Å². The van der Waals surface area contributed by atoms with Crippen molar-refractivity contribution in [3.8, 4) is 0 Å². The molecule has 0 bridgehead atoms. The molecule has 0 saturated heterocycles. The molecule has 0 spiro atoms. The summed E-state index contributed by atoms with van der Waals surface area (Å²) in [7, 11) is 1.31. The molecule has 0 fully saturated rings. The van der Waals surface area contributed by atoms with Gasteiger partial charge < -0.3 is 9.57 Å². The quantitative estimate of drug-likeness (QED) is 0.350. The van der Waals surface area contributed by atoms with Crippen LogP contribution in [0.25, 0.3) is 0 Å². The lowest BCUT2D eigenvalue weighted by molar-refractivity contribution is -0.152. The van der Waals surface area contributed by atoms with Gasteiger partial charge in [0, 0.05) is 0 Å². The molecule has 0 saturated carbocycles. The van der Waals surface area contributed by atoms with Gasteiger partial charge in [0.25, 0.3) is 0 Å². The molecule has 0 heterocycles. The summed E-state index contributed by atoms with van der Waals surface area (Å²) in [5.41, 5.74) is 0.765. The van der Waals surface area contributed by atoms with E-state index in [0.29, 0.717) is 0 Å². The minimum atomic E-state index is -0.630. The number of hydrogen-bond donors (Lipinski definition) is 0. The van der Waals surface area contributed by atoms with E-state index in [1.807, 2.05) is 0 Å². The third-order valence-corrected chi connectivity index (χ3v) is 0.927. The Hall–Kier alpha value is -1.06. The van der Waals surface area contributed by atoms with Gasteiger partial charge in [-0.15, -0.1) is 0 Å². The second-order valence-electron chi connectivity index (χ2n) is 2.31. The van der Waals surface area contributed by atoms with Crippen LogP contribution < -0.4 is 0 Å². The first-order valence-corrected chi connectivity index (χ1v) is 3.32. The Balaban J connectivity index is 3.78. The number of carbonyl (C=O) groups excluding carboxylic acids is 1. The number of ether oxygens (including phenoxy) is 1. The van der Waals surface area contributed by atoms with Crippen molar-refractivity contribution in [2.24, 2.45) is 5.16 Å². The summed E-state index contributed by atoms with van der Waals surface area (Å²) < 4.78 is 4.41. The van der Waals surface area contributed by atoms with Crippen molar-refractivity contribution >= 4 is 11.7 Å². The number of oxime groups is 1. The summed E-state index contributed by atoms with van der Waals surface area (Å²) >= 11 is 0. The summed E-state index contributed by atoms with van der Waals surface area (Å²) in [5, 5.41) is 3.61. The largest absolute Gasteiger partial charge is 0.466 e. The summed E-state index contributed by atoms with van der Waals surface area (Å²) in [6.45, 7) is 5.15. The van der Waals surface area contributed by atoms with Crippen molar-refractivity contribution in [2.45, 2.75) is 26.9 Å². The van der Waals surface area contributed by atoms with Gasteiger partial charge in [0.1, 0.15) is 0 Å². The van der Waals surface area contributed by atoms with Crippen molar-refractivity contribution < 1.29 is 14.4 Å². The molecule has 0 aromatic carbocycles. The highest BCUT2D eigenvalue weighted by Crippen LogP contribution is 1.94. The van der Waals surface area contributed by atoms with E-state index in [1.54, 1.807) is 20.8 Å². The number of hydrogen-bond acceptors (Lipinski definition) is 4. The predicted molar refractivity (Wildman–Crippen MR) is 41.3 cm³/mol. The summed E-state index contributed by atoms with van der Waals surface area (Å²) in [5.74, 6) is -0.421. The Bertz CT molecular complexity index is 161. The van der Waals surface area contributed by atoms with Crippen molar-refractivity contribution in [3.05, 3.63) is 0 Å². The predicted octanol–water partition coefficient (Wildman–Crippen LogP) is 0.960. The van der Waals surface area contributed by atoms with Crippen LogP contribution in [0.5, 0.6) is 0 Å². The monoisotopic (exact) mass is 159 g/mol. The lowest BCUT2D eigenvalue weighted by Crippen LogP contribution is -2.20. The van der Waals surface area contributed by atoms with Crippen LogP contribution in [-0.2, 0) is 14.4 Å². The van der Waals surface area contributed by atoms with Crippen LogP contribution >= 0.6 is 0 Å². The smallest absolute Gasteiger partial charge is 0.349 e. The van der Waals surface area contributed by atoms with Crippen molar-refractivity contribution in [3.63, 3.8) is 0 Å². The molecule has 0 radical (unpaired) electrons. The topological polar surface area (TPSA) is 47.9 Å². The van der Waals surface area contributed by atoms with Crippen LogP contribution in [-0.4, -0.2) is 24.9 Å². The van der Waals surface area contributed by atoms with Crippen molar-refractivity contribution in [1.82, 2.24) is 0 Å². The standard InChI is InChI=1S/C7H13NO3/c1-5(2)8-11-6(3)7(9)10-4/h6H,1-4H3/t6-/m0/s1. The van der Waals surface area contributed by atoms with E-state index in [1.165, 1.54) is 7.11 Å². The third-order valence-electron chi connectivity index (χ3n) is 0.927. The Labute approximate surface area is 66.2 Å². The van der Waals surface area contributed by atoms with Gasteiger partial charge in [-0.05, 0) is 20.8 Å². The summed E-state index contributed by atoms with van der Waals surface area (Å²) in [4.78, 5) is 15.5. The molecule has 11 heavy (non-hydrogen) atoms. The average molecular weight is 159 g/mol. The minimum absolute atomic E-state index is 0.421. The third kappa shape index (κ3) is 4.36. The normalized spacial score (nSPS) is 11.6. The van der Waals surface area contributed by atoms with E-state index < -0.39 is 12.1 Å². The van der Waals surface area contributed by atoms with Crippen LogP contribution in [0.2, 0.25) is 0 Å². The number of nitrogens with zero attached hydrogens (tertiary/aromatic N) is 1. The fourth-order valence-electron chi connectivity index (χ4n) is 0.393. The average Bonchev–Trinajstić information content (AvgIpc) is 1.98. The molecule has 0 aromatic heterocycles. The lowest BCUT2D eigenvalue weighted by Gasteiger charge is -2.06. The Morgan fingerprint density at radius 2 is 2.00 bits per heavy atom. The van der Waals surface area contributed by atoms with E-state index in [2.05, 4.69) is 9.89 Å². The highest BCUT2D eigenvalue weighted by Gasteiger charge is 2.13. The number of rotatable bonds is 3. The van der Waals surface area contributed by atoms with Gasteiger partial charge in [-0.2, -0.15) is 0 Å². The highest BCUT2D eigenvalue weighted by molar-refractivity contribution is 5.79. The van der Waals surface area contributed by atoms with E-state index in [4.69, 9.17) is 4.84 Å². The maximum Gasteiger partial charge on any atom is 0.349 e. The zero-order valence-electron chi connectivity index (χ0n) is 7.25. The Morgan fingerprint density at radius 1 is 1.45 bits per heavy atom. The number of carbonyl (C=O) groups is 1. The van der Waals surface area contributed by atoms with E-state index in [0.717, 1.165) is 5.71 Å². The second-order valence-corrected chi connectivity index (χ2v) is 2.31. The molecule has 1 atom stereocenters. The molecule has 4 nitrogen and oxygen atoms in total. The van der Waals surface area contributed by atoms with Gasteiger partial charge in [0.15, 0.2) is 0 Å². The van der Waals surface area contributed by atoms with Gasteiger partial charge in [0.05, 0.1) is 12.8 Å². The molecule has 0 aliphatic heterocycles. The SMILES string of the molecule is COC(=O)[C@H](C)ON=C(C)C. The molecular weight excluding hydrogens is 146 g/mol. The molecule has 64 valence electrons. The van der Waals surface area contributed by atoms with E-state index in [9.17, 15) is 4.79 Å². The molecule has 0 aliphatic carbocycles. The lowest BCUT2D eigenvalue weighted by atomic mass is 10.4. The molecule has 0 N–H and O–H groups in total. The van der Waals surface area contributed by atoms with Gasteiger partial charge in [-0.3, -0.25) is 0 Å². The molecular formula is C7H13NO3. The van der Waals surface area contributed by atoms with Crippen LogP contribution in [0, 0.1) is 0 Å². The van der Waals surface area contributed by atoms with Crippen LogP contribution in [0.1, 0.15) is 20.8 Å². The number of esters is 1. The van der Waals surface area contributed by atoms with Gasteiger partial charge in [-0.25, -0.2) is 4.79 Å². The molecule has 0 aromatic rings. The molecule has 0 unspecified atom stereocenters. The summed E-state index contributed by atoms with van der Waals surface area (Å²) in [6, 6.07) is 0. The minimum Gasteiger partial charge on any atom is -0.466 e. The van der Waals surface area contributed by atoms with Gasteiger partial charge >= 0.3 is 5.97 Å². The van der Waals surface area contributed by atoms with E-state index in [-0.39, 0.29) is 0 Å². The highest BCUT2D eigenvalue weighted by atomic mass is 16.7. The van der Waals surface area contributed by atoms with Gasteiger partial charge in [-0.1, -0.05) is 5.16 Å². The molecule has 0 aliphatic rings. The number of methoxy groups -OCH3 is 1. The van der Waals surface area contributed by atoms with Gasteiger partial charge in [0.2, 0.25) is 6.10 Å². The Morgan fingerprint density at radius 3 is 2.36 bits per heavy atom. The van der Waals surface area contributed by atoms with E-state index >= 15 is 0 Å². The zero-order chi connectivity index (χ0) is 8.85. The fraction of sp³-hybridized carbons (Fsp3) is 0.714. The molecule has 0 amide bonds. The maximum atomic E-state index is 10.7. The van der Waals surface area contributed by atoms with Crippen LogP contribution in [0.3, 0.4) is 0 Å². The first kappa shape index (κ1) is 9.94. The first-order chi connectivity index (χ1) is 5.07. The maximum absolute atomic E-state index is 10.7. The Kier molecular flexibility index (Phi) is 4.26. The zero-order valence-corrected chi connectivity index (χ0v) is 7.25. The van der Waals surface area contributed by atoms with Crippen LogP contribution in [0.15, 0.2) is 5.16 Å². The molecule has 4 heteroatoms. The molecule has 0 rings (SSSR count). The first-order valence-electron chi connectivity index (χ1n) is 3.32. The van der Waals surface area contributed by atoms with Crippen molar-refractivity contribution in [1.29, 1.82) is 0 Å².